The molecule has 1 rings (SSSR count). The van der Waals surface area contributed by atoms with Gasteiger partial charge in [-0.1, -0.05) is 13.8 Å². The van der Waals surface area contributed by atoms with Gasteiger partial charge in [-0.3, -0.25) is 19.1 Å². The van der Waals surface area contributed by atoms with Crippen LogP contribution in [0.15, 0.2) is 12.4 Å². The summed E-state index contributed by atoms with van der Waals surface area (Å²) in [6.07, 6.45) is 3.04. The zero-order valence-electron chi connectivity index (χ0n) is 14.7. The number of ketones is 1. The molecule has 0 N–H and O–H groups in total. The van der Waals surface area contributed by atoms with Gasteiger partial charge in [0, 0.05) is 17.2 Å². The van der Waals surface area contributed by atoms with E-state index in [9.17, 15) is 14.9 Å². The third-order valence-corrected chi connectivity index (χ3v) is 4.24. The molecule has 128 valence electrons. The largest absolute Gasteiger partial charge is 0.465 e. The van der Waals surface area contributed by atoms with Gasteiger partial charge in [-0.2, -0.15) is 10.4 Å². The van der Waals surface area contributed by atoms with Crippen LogP contribution in [0.2, 0.25) is 0 Å². The maximum absolute atomic E-state index is 12.4. The summed E-state index contributed by atoms with van der Waals surface area (Å²) in [6, 6.07) is 0.633. The van der Waals surface area contributed by atoms with Gasteiger partial charge in [-0.25, -0.2) is 6.57 Å². The van der Waals surface area contributed by atoms with Crippen LogP contribution in [0, 0.1) is 23.3 Å². The fraction of sp³-hybridized carbons (Fsp3) is 0.588. The number of rotatable bonds is 7. The topological polar surface area (TPSA) is 89.3 Å². The molecule has 0 fully saturated rings. The van der Waals surface area contributed by atoms with E-state index in [2.05, 4.69) is 9.94 Å². The SMILES string of the molecule is [C-]#[N+]C(C#N)C(C)(C(=O)OCC)c1cnn(CC(C)(C)C(C)=O)c1. The van der Waals surface area contributed by atoms with Gasteiger partial charge < -0.3 is 4.74 Å². The monoisotopic (exact) mass is 330 g/mol. The van der Waals surface area contributed by atoms with Crippen molar-refractivity contribution in [3.63, 3.8) is 0 Å². The Balaban J connectivity index is 3.28. The second-order valence-electron chi connectivity index (χ2n) is 6.45. The number of ether oxygens (including phenoxy) is 1. The fourth-order valence-corrected chi connectivity index (χ4v) is 2.19. The number of nitriles is 1. The summed E-state index contributed by atoms with van der Waals surface area (Å²) < 4.78 is 6.62. The number of carbonyl (C=O) groups is 2. The molecule has 0 aliphatic carbocycles. The van der Waals surface area contributed by atoms with E-state index >= 15 is 0 Å². The number of hydrogen-bond acceptors (Lipinski definition) is 5. The summed E-state index contributed by atoms with van der Waals surface area (Å²) in [5, 5.41) is 13.5. The molecule has 2 unspecified atom stereocenters. The van der Waals surface area contributed by atoms with E-state index in [-0.39, 0.29) is 12.4 Å². The van der Waals surface area contributed by atoms with Gasteiger partial charge in [0.2, 0.25) is 0 Å². The molecule has 1 heterocycles. The molecule has 7 heteroatoms. The molecule has 0 radical (unpaired) electrons. The predicted molar refractivity (Wildman–Crippen MR) is 86.7 cm³/mol. The zero-order valence-corrected chi connectivity index (χ0v) is 14.7. The molecular formula is C17H22N4O3. The lowest BCUT2D eigenvalue weighted by atomic mass is 9.78. The Morgan fingerprint density at radius 3 is 2.58 bits per heavy atom. The van der Waals surface area contributed by atoms with Gasteiger partial charge in [-0.05, 0) is 20.8 Å². The van der Waals surface area contributed by atoms with Crippen molar-refractivity contribution in [3.8, 4) is 6.07 Å². The first-order valence-corrected chi connectivity index (χ1v) is 7.60. The molecule has 24 heavy (non-hydrogen) atoms. The van der Waals surface area contributed by atoms with Crippen molar-refractivity contribution in [1.29, 1.82) is 5.26 Å². The van der Waals surface area contributed by atoms with E-state index in [1.54, 1.807) is 31.6 Å². The molecular weight excluding hydrogens is 308 g/mol. The minimum absolute atomic E-state index is 0.0174. The Hall–Kier alpha value is -2.67. The molecule has 0 aliphatic heterocycles. The summed E-state index contributed by atoms with van der Waals surface area (Å²) in [6.45, 7) is 16.0. The Labute approximate surface area is 142 Å². The first-order chi connectivity index (χ1) is 11.1. The van der Waals surface area contributed by atoms with E-state index in [0.717, 1.165) is 0 Å². The van der Waals surface area contributed by atoms with Crippen LogP contribution in [-0.2, 0) is 26.3 Å². The lowest BCUT2D eigenvalue weighted by Gasteiger charge is -2.24. The smallest absolute Gasteiger partial charge is 0.327 e. The van der Waals surface area contributed by atoms with Crippen molar-refractivity contribution in [2.75, 3.05) is 6.61 Å². The summed E-state index contributed by atoms with van der Waals surface area (Å²) in [4.78, 5) is 27.4. The average Bonchev–Trinajstić information content (AvgIpc) is 2.96. The van der Waals surface area contributed by atoms with Crippen molar-refractivity contribution < 1.29 is 14.3 Å². The van der Waals surface area contributed by atoms with Gasteiger partial charge >= 0.3 is 12.0 Å². The van der Waals surface area contributed by atoms with Crippen LogP contribution in [0.25, 0.3) is 4.85 Å². The van der Waals surface area contributed by atoms with Crippen molar-refractivity contribution in [2.45, 2.75) is 52.6 Å². The van der Waals surface area contributed by atoms with Crippen LogP contribution >= 0.6 is 0 Å². The maximum atomic E-state index is 12.4. The highest BCUT2D eigenvalue weighted by atomic mass is 16.5. The lowest BCUT2D eigenvalue weighted by Crippen LogP contribution is -2.43. The molecule has 0 amide bonds. The number of hydrogen-bond donors (Lipinski definition) is 0. The molecule has 0 aliphatic rings. The van der Waals surface area contributed by atoms with E-state index in [0.29, 0.717) is 12.1 Å². The predicted octanol–water partition coefficient (Wildman–Crippen LogP) is 2.13. The highest BCUT2D eigenvalue weighted by Crippen LogP contribution is 2.32. The lowest BCUT2D eigenvalue weighted by molar-refractivity contribution is -0.149. The molecule has 2 atom stereocenters. The van der Waals surface area contributed by atoms with Crippen molar-refractivity contribution in [1.82, 2.24) is 9.78 Å². The van der Waals surface area contributed by atoms with Gasteiger partial charge in [0.05, 0.1) is 19.3 Å². The minimum atomic E-state index is -1.44. The quantitative estimate of drug-likeness (QED) is 0.564. The van der Waals surface area contributed by atoms with E-state index in [1.165, 1.54) is 20.0 Å². The molecule has 0 saturated heterocycles. The van der Waals surface area contributed by atoms with Gasteiger partial charge in [0.25, 0.3) is 0 Å². The van der Waals surface area contributed by atoms with Gasteiger partial charge in [-0.15, -0.1) is 0 Å². The number of Topliss-reactive ketones (excluding diaryl/α,β-unsaturated/α-hetero) is 1. The minimum Gasteiger partial charge on any atom is -0.465 e. The summed E-state index contributed by atoms with van der Waals surface area (Å²) in [5.41, 5.74) is -1.63. The molecule has 0 spiro atoms. The van der Waals surface area contributed by atoms with Crippen LogP contribution in [0.5, 0.6) is 0 Å². The van der Waals surface area contributed by atoms with Gasteiger partial charge in [0.1, 0.15) is 5.78 Å². The Morgan fingerprint density at radius 2 is 2.12 bits per heavy atom. The van der Waals surface area contributed by atoms with Crippen LogP contribution < -0.4 is 0 Å². The number of nitrogens with zero attached hydrogens (tertiary/aromatic N) is 4. The standard InChI is InChI=1S/C17H22N4O3/c1-7-24-15(23)17(5,14(8-18)19-6)13-9-20-21(10-13)11-16(3,4)12(2)22/h9-10,14H,7,11H2,1-5H3. The summed E-state index contributed by atoms with van der Waals surface area (Å²) >= 11 is 0. The average molecular weight is 330 g/mol. The second kappa shape index (κ2) is 7.27. The van der Waals surface area contributed by atoms with Crippen molar-refractivity contribution in [3.05, 3.63) is 29.4 Å². The number of esters is 1. The molecule has 1 aromatic rings. The molecule has 0 aromatic carbocycles. The second-order valence-corrected chi connectivity index (χ2v) is 6.45. The van der Waals surface area contributed by atoms with E-state index in [4.69, 9.17) is 11.3 Å². The first kappa shape index (κ1) is 19.4. The van der Waals surface area contributed by atoms with Crippen LogP contribution in [-0.4, -0.2) is 34.2 Å². The van der Waals surface area contributed by atoms with E-state index < -0.39 is 22.8 Å². The van der Waals surface area contributed by atoms with E-state index in [1.807, 2.05) is 6.07 Å². The van der Waals surface area contributed by atoms with Crippen LogP contribution in [0.4, 0.5) is 0 Å². The molecule has 0 bridgehead atoms. The Kier molecular flexibility index (Phi) is 5.87. The third kappa shape index (κ3) is 3.62. The molecule has 7 nitrogen and oxygen atoms in total. The number of aromatic nitrogens is 2. The molecule has 1 aromatic heterocycles. The normalized spacial score (nSPS) is 14.8. The summed E-state index contributed by atoms with van der Waals surface area (Å²) in [5.74, 6) is -0.623. The van der Waals surface area contributed by atoms with Crippen LogP contribution in [0.1, 0.15) is 40.2 Å². The Morgan fingerprint density at radius 1 is 1.50 bits per heavy atom. The van der Waals surface area contributed by atoms with Gasteiger partial charge in [0.15, 0.2) is 11.5 Å². The van der Waals surface area contributed by atoms with Crippen molar-refractivity contribution >= 4 is 11.8 Å². The maximum Gasteiger partial charge on any atom is 0.327 e. The molecule has 0 saturated carbocycles. The third-order valence-electron chi connectivity index (χ3n) is 4.24. The zero-order chi connectivity index (χ0) is 18.5. The summed E-state index contributed by atoms with van der Waals surface area (Å²) in [7, 11) is 0. The van der Waals surface area contributed by atoms with Crippen molar-refractivity contribution in [2.24, 2.45) is 5.41 Å². The number of carbonyl (C=O) groups excluding carboxylic acids is 2. The first-order valence-electron chi connectivity index (χ1n) is 7.60. The highest BCUT2D eigenvalue weighted by Gasteiger charge is 2.51. The van der Waals surface area contributed by atoms with Crippen LogP contribution in [0.3, 0.4) is 0 Å². The Bertz CT molecular complexity index is 694. The fourth-order valence-electron chi connectivity index (χ4n) is 2.19. The highest BCUT2D eigenvalue weighted by molar-refractivity contribution is 5.85.